The summed E-state index contributed by atoms with van der Waals surface area (Å²) in [6, 6.07) is 0. The number of hydrogen-bond donors (Lipinski definition) is 0. The van der Waals surface area contributed by atoms with E-state index in [1.807, 2.05) is 13.8 Å². The van der Waals surface area contributed by atoms with E-state index < -0.39 is 5.92 Å². The molecular weight excluding hydrogens is 200 g/mol. The Hall–Kier alpha value is -0.220. The molecule has 4 heteroatoms. The third-order valence-electron chi connectivity index (χ3n) is 2.66. The Balaban J connectivity index is 2.04. The Kier molecular flexibility index (Phi) is 4.93. The van der Waals surface area contributed by atoms with Crippen LogP contribution in [0.25, 0.3) is 0 Å². The van der Waals surface area contributed by atoms with Gasteiger partial charge in [0, 0.05) is 39.1 Å². The van der Waals surface area contributed by atoms with E-state index in [-0.39, 0.29) is 18.9 Å². The fourth-order valence-electron chi connectivity index (χ4n) is 1.71. The van der Waals surface area contributed by atoms with Gasteiger partial charge in [0.1, 0.15) is 0 Å². The normalized spacial score (nSPS) is 22.2. The summed E-state index contributed by atoms with van der Waals surface area (Å²) in [4.78, 5) is 2.10. The van der Waals surface area contributed by atoms with E-state index in [0.29, 0.717) is 13.1 Å². The van der Waals surface area contributed by atoms with Crippen LogP contribution in [0.15, 0.2) is 0 Å². The second-order valence-electron chi connectivity index (χ2n) is 4.47. The van der Waals surface area contributed by atoms with Gasteiger partial charge in [-0.2, -0.15) is 0 Å². The molecule has 0 saturated carbocycles. The van der Waals surface area contributed by atoms with Crippen molar-refractivity contribution in [3.05, 3.63) is 0 Å². The molecule has 1 heterocycles. The molecule has 2 nitrogen and oxygen atoms in total. The first-order valence-corrected chi connectivity index (χ1v) is 5.71. The molecule has 1 rings (SSSR count). The molecule has 0 aromatic heterocycles. The van der Waals surface area contributed by atoms with Crippen molar-refractivity contribution in [3.63, 3.8) is 0 Å². The van der Waals surface area contributed by atoms with Crippen molar-refractivity contribution in [1.82, 2.24) is 4.90 Å². The topological polar surface area (TPSA) is 12.5 Å². The highest BCUT2D eigenvalue weighted by Gasteiger charge is 2.33. The van der Waals surface area contributed by atoms with Crippen LogP contribution in [-0.2, 0) is 4.74 Å². The molecule has 0 radical (unpaired) electrons. The predicted octanol–water partition coefficient (Wildman–Crippen LogP) is 2.53. The molecule has 0 aromatic rings. The van der Waals surface area contributed by atoms with Crippen molar-refractivity contribution in [2.24, 2.45) is 0 Å². The first-order valence-electron chi connectivity index (χ1n) is 5.71. The van der Waals surface area contributed by atoms with Gasteiger partial charge in [-0.3, -0.25) is 0 Å². The van der Waals surface area contributed by atoms with Crippen molar-refractivity contribution in [2.75, 3.05) is 26.2 Å². The summed E-state index contributed by atoms with van der Waals surface area (Å²) < 4.78 is 31.0. The number of ether oxygens (including phenoxy) is 1. The number of rotatable bonds is 5. The van der Waals surface area contributed by atoms with Crippen LogP contribution in [0.4, 0.5) is 8.78 Å². The highest BCUT2D eigenvalue weighted by molar-refractivity contribution is 4.77. The summed E-state index contributed by atoms with van der Waals surface area (Å²) in [5.74, 6) is -2.43. The number of hydrogen-bond acceptors (Lipinski definition) is 2. The molecule has 15 heavy (non-hydrogen) atoms. The lowest BCUT2D eigenvalue weighted by molar-refractivity contribution is -0.0563. The molecule has 90 valence electrons. The van der Waals surface area contributed by atoms with E-state index in [0.717, 1.165) is 19.6 Å². The number of likely N-dealkylation sites (tertiary alicyclic amines) is 1. The summed E-state index contributed by atoms with van der Waals surface area (Å²) in [6.45, 7) is 6.65. The van der Waals surface area contributed by atoms with Gasteiger partial charge in [0.05, 0.1) is 6.10 Å². The van der Waals surface area contributed by atoms with Gasteiger partial charge in [-0.1, -0.05) is 0 Å². The van der Waals surface area contributed by atoms with Crippen molar-refractivity contribution in [2.45, 2.75) is 45.1 Å². The van der Waals surface area contributed by atoms with E-state index in [2.05, 4.69) is 4.90 Å². The van der Waals surface area contributed by atoms with E-state index in [4.69, 9.17) is 4.74 Å². The van der Waals surface area contributed by atoms with E-state index >= 15 is 0 Å². The van der Waals surface area contributed by atoms with Gasteiger partial charge in [-0.25, -0.2) is 8.78 Å². The van der Waals surface area contributed by atoms with Crippen molar-refractivity contribution >= 4 is 0 Å². The third-order valence-corrected chi connectivity index (χ3v) is 2.66. The van der Waals surface area contributed by atoms with E-state index in [1.54, 1.807) is 0 Å². The highest BCUT2D eigenvalue weighted by Crippen LogP contribution is 2.27. The summed E-state index contributed by atoms with van der Waals surface area (Å²) in [5, 5.41) is 0. The van der Waals surface area contributed by atoms with Crippen LogP contribution in [0.2, 0.25) is 0 Å². The zero-order chi connectivity index (χ0) is 11.3. The van der Waals surface area contributed by atoms with Gasteiger partial charge in [0.2, 0.25) is 0 Å². The van der Waals surface area contributed by atoms with Gasteiger partial charge in [-0.15, -0.1) is 0 Å². The molecule has 1 saturated heterocycles. The molecule has 1 aliphatic heterocycles. The van der Waals surface area contributed by atoms with Gasteiger partial charge >= 0.3 is 0 Å². The lowest BCUT2D eigenvalue weighted by Crippen LogP contribution is -2.40. The van der Waals surface area contributed by atoms with Crippen LogP contribution in [0.3, 0.4) is 0 Å². The summed E-state index contributed by atoms with van der Waals surface area (Å²) in [6.07, 6.45) is 1.22. The van der Waals surface area contributed by atoms with E-state index in [1.165, 1.54) is 0 Å². The maximum atomic E-state index is 12.8. The summed E-state index contributed by atoms with van der Waals surface area (Å²) in [5.41, 5.74) is 0. The molecule has 0 unspecified atom stereocenters. The Morgan fingerprint density at radius 3 is 2.40 bits per heavy atom. The zero-order valence-electron chi connectivity index (χ0n) is 9.64. The first-order chi connectivity index (χ1) is 6.99. The number of nitrogens with zero attached hydrogens (tertiary/aromatic N) is 1. The minimum absolute atomic E-state index is 0.0119. The van der Waals surface area contributed by atoms with Crippen LogP contribution >= 0.6 is 0 Å². The number of piperidine rings is 1. The smallest absolute Gasteiger partial charge is 0.250 e. The Bertz CT molecular complexity index is 175. The molecule has 1 aliphatic rings. The third kappa shape index (κ3) is 5.42. The second kappa shape index (κ2) is 5.75. The molecule has 0 spiro atoms. The Morgan fingerprint density at radius 2 is 1.87 bits per heavy atom. The Labute approximate surface area is 90.6 Å². The fourth-order valence-corrected chi connectivity index (χ4v) is 1.71. The molecule has 0 N–H and O–H groups in total. The number of alkyl halides is 2. The van der Waals surface area contributed by atoms with Crippen LogP contribution in [0.1, 0.15) is 33.1 Å². The van der Waals surface area contributed by atoms with Gasteiger partial charge < -0.3 is 9.64 Å². The van der Waals surface area contributed by atoms with E-state index in [9.17, 15) is 8.78 Å². The standard InChI is InChI=1S/C11H21F2NO/c1-10(2)15-9-3-6-14-7-4-11(12,13)5-8-14/h10H,3-9H2,1-2H3. The molecule has 0 atom stereocenters. The average molecular weight is 221 g/mol. The fraction of sp³-hybridized carbons (Fsp3) is 1.00. The monoisotopic (exact) mass is 221 g/mol. The summed E-state index contributed by atoms with van der Waals surface area (Å²) >= 11 is 0. The average Bonchev–Trinajstić information content (AvgIpc) is 2.14. The molecule has 0 bridgehead atoms. The molecule has 0 amide bonds. The SMILES string of the molecule is CC(C)OCCCN1CCC(F)(F)CC1. The largest absolute Gasteiger partial charge is 0.379 e. The van der Waals surface area contributed by atoms with Crippen LogP contribution in [0, 0.1) is 0 Å². The van der Waals surface area contributed by atoms with Gasteiger partial charge in [-0.05, 0) is 20.3 Å². The van der Waals surface area contributed by atoms with Crippen LogP contribution in [0.5, 0.6) is 0 Å². The van der Waals surface area contributed by atoms with Crippen LogP contribution < -0.4 is 0 Å². The van der Waals surface area contributed by atoms with Crippen LogP contribution in [-0.4, -0.2) is 43.2 Å². The molecular formula is C11H21F2NO. The van der Waals surface area contributed by atoms with Crippen molar-refractivity contribution < 1.29 is 13.5 Å². The minimum atomic E-state index is -2.43. The number of halogens is 2. The predicted molar refractivity (Wildman–Crippen MR) is 56.3 cm³/mol. The molecule has 0 aliphatic carbocycles. The zero-order valence-corrected chi connectivity index (χ0v) is 9.64. The quantitative estimate of drug-likeness (QED) is 0.661. The highest BCUT2D eigenvalue weighted by atomic mass is 19.3. The lowest BCUT2D eigenvalue weighted by Gasteiger charge is -2.31. The van der Waals surface area contributed by atoms with Crippen molar-refractivity contribution in [1.29, 1.82) is 0 Å². The Morgan fingerprint density at radius 1 is 1.27 bits per heavy atom. The lowest BCUT2D eigenvalue weighted by atomic mass is 10.1. The first kappa shape index (κ1) is 12.8. The maximum absolute atomic E-state index is 12.8. The van der Waals surface area contributed by atoms with Gasteiger partial charge in [0.15, 0.2) is 0 Å². The second-order valence-corrected chi connectivity index (χ2v) is 4.47. The minimum Gasteiger partial charge on any atom is -0.379 e. The van der Waals surface area contributed by atoms with Gasteiger partial charge in [0.25, 0.3) is 5.92 Å². The maximum Gasteiger partial charge on any atom is 0.250 e. The molecule has 1 fully saturated rings. The summed E-state index contributed by atoms with van der Waals surface area (Å²) in [7, 11) is 0. The molecule has 0 aromatic carbocycles. The van der Waals surface area contributed by atoms with Crippen molar-refractivity contribution in [3.8, 4) is 0 Å².